The molecule has 16 heavy (non-hydrogen) atoms. The van der Waals surface area contributed by atoms with Gasteiger partial charge in [0.05, 0.1) is 5.92 Å². The number of likely N-dealkylation sites (N-methyl/N-ethyl adjacent to an activating group) is 1. The number of carbonyl (C=O) groups is 1. The number of rotatable bonds is 2. The molecule has 1 aromatic rings. The molecule has 1 saturated heterocycles. The summed E-state index contributed by atoms with van der Waals surface area (Å²) in [6, 6.07) is 7.70. The summed E-state index contributed by atoms with van der Waals surface area (Å²) >= 11 is 0. The van der Waals surface area contributed by atoms with Crippen LogP contribution in [0.3, 0.4) is 0 Å². The van der Waals surface area contributed by atoms with Gasteiger partial charge in [-0.3, -0.25) is 4.79 Å². The summed E-state index contributed by atoms with van der Waals surface area (Å²) in [5, 5.41) is 0. The average molecular weight is 219 g/mol. The van der Waals surface area contributed by atoms with E-state index in [0.29, 0.717) is 0 Å². The van der Waals surface area contributed by atoms with Crippen molar-refractivity contribution in [3.63, 3.8) is 0 Å². The monoisotopic (exact) mass is 219 g/mol. The second-order valence-electron chi connectivity index (χ2n) is 4.50. The minimum Gasteiger partial charge on any atom is -0.399 e. The van der Waals surface area contributed by atoms with Crippen LogP contribution in [0.1, 0.15) is 11.5 Å². The molecule has 2 rings (SSSR count). The first-order chi connectivity index (χ1) is 7.58. The van der Waals surface area contributed by atoms with Gasteiger partial charge in [-0.25, -0.2) is 0 Å². The van der Waals surface area contributed by atoms with Crippen molar-refractivity contribution in [2.75, 3.05) is 25.9 Å². The molecule has 2 atom stereocenters. The summed E-state index contributed by atoms with van der Waals surface area (Å²) < 4.78 is 0. The molecule has 1 aliphatic heterocycles. The number of hydrogen-bond acceptors (Lipinski definition) is 3. The van der Waals surface area contributed by atoms with Crippen LogP contribution in [-0.2, 0) is 4.79 Å². The fourth-order valence-corrected chi connectivity index (χ4v) is 2.37. The first kappa shape index (κ1) is 11.0. The summed E-state index contributed by atoms with van der Waals surface area (Å²) in [4.78, 5) is 13.5. The Labute approximate surface area is 95.2 Å². The first-order valence-corrected chi connectivity index (χ1v) is 5.41. The van der Waals surface area contributed by atoms with E-state index < -0.39 is 0 Å². The van der Waals surface area contributed by atoms with Crippen LogP contribution < -0.4 is 11.5 Å². The zero-order chi connectivity index (χ0) is 11.7. The van der Waals surface area contributed by atoms with E-state index in [9.17, 15) is 4.79 Å². The second kappa shape index (κ2) is 4.14. The number of nitrogen functional groups attached to an aromatic ring is 1. The molecule has 1 aliphatic rings. The summed E-state index contributed by atoms with van der Waals surface area (Å²) in [6.07, 6.45) is 0. The fraction of sp³-hybridized carbons (Fsp3) is 0.417. The zero-order valence-corrected chi connectivity index (χ0v) is 9.39. The van der Waals surface area contributed by atoms with E-state index in [2.05, 4.69) is 4.90 Å². The van der Waals surface area contributed by atoms with E-state index in [-0.39, 0.29) is 17.7 Å². The van der Waals surface area contributed by atoms with E-state index in [0.717, 1.165) is 24.3 Å². The van der Waals surface area contributed by atoms with Gasteiger partial charge in [0.2, 0.25) is 5.91 Å². The topological polar surface area (TPSA) is 72.3 Å². The molecule has 86 valence electrons. The van der Waals surface area contributed by atoms with Gasteiger partial charge in [-0.1, -0.05) is 12.1 Å². The molecule has 1 fully saturated rings. The van der Waals surface area contributed by atoms with Gasteiger partial charge in [-0.05, 0) is 24.7 Å². The smallest absolute Gasteiger partial charge is 0.222 e. The number of benzene rings is 1. The van der Waals surface area contributed by atoms with Crippen molar-refractivity contribution < 1.29 is 4.79 Å². The standard InChI is InChI=1S/C12H17N3O/c1-15-6-10(11(7-15)12(14)16)8-2-4-9(13)5-3-8/h2-5,10-11H,6-7,13H2,1H3,(H2,14,16)/t10-,11-/m1/s1. The summed E-state index contributed by atoms with van der Waals surface area (Å²) in [7, 11) is 2.01. The molecule has 0 bridgehead atoms. The predicted octanol–water partition coefficient (Wildman–Crippen LogP) is 0.399. The Balaban J connectivity index is 2.25. The Bertz CT molecular complexity index is 388. The largest absolute Gasteiger partial charge is 0.399 e. The Kier molecular flexibility index (Phi) is 2.83. The molecule has 0 aromatic heterocycles. The molecular formula is C12H17N3O. The van der Waals surface area contributed by atoms with Crippen molar-refractivity contribution >= 4 is 11.6 Å². The molecule has 1 heterocycles. The molecule has 1 amide bonds. The van der Waals surface area contributed by atoms with Crippen molar-refractivity contribution in [2.45, 2.75) is 5.92 Å². The van der Waals surface area contributed by atoms with Crippen LogP contribution in [0.5, 0.6) is 0 Å². The molecule has 0 spiro atoms. The van der Waals surface area contributed by atoms with Crippen molar-refractivity contribution in [3.8, 4) is 0 Å². The van der Waals surface area contributed by atoms with Crippen LogP contribution in [0, 0.1) is 5.92 Å². The third-order valence-corrected chi connectivity index (χ3v) is 3.23. The lowest BCUT2D eigenvalue weighted by atomic mass is 9.88. The lowest BCUT2D eigenvalue weighted by Gasteiger charge is -2.15. The summed E-state index contributed by atoms with van der Waals surface area (Å²) in [5.74, 6) is -0.108. The molecule has 0 saturated carbocycles. The number of carbonyl (C=O) groups excluding carboxylic acids is 1. The van der Waals surface area contributed by atoms with Crippen molar-refractivity contribution in [2.24, 2.45) is 11.7 Å². The van der Waals surface area contributed by atoms with Gasteiger partial charge in [-0.2, -0.15) is 0 Å². The SMILES string of the molecule is CN1C[C@H](c2ccc(N)cc2)[C@H](C(N)=O)C1. The summed E-state index contributed by atoms with van der Waals surface area (Å²) in [6.45, 7) is 1.61. The van der Waals surface area contributed by atoms with Gasteiger partial charge in [0.15, 0.2) is 0 Å². The second-order valence-corrected chi connectivity index (χ2v) is 4.50. The maximum absolute atomic E-state index is 11.4. The molecule has 4 N–H and O–H groups in total. The van der Waals surface area contributed by atoms with Gasteiger partial charge in [0.25, 0.3) is 0 Å². The van der Waals surface area contributed by atoms with Crippen LogP contribution in [-0.4, -0.2) is 30.9 Å². The van der Waals surface area contributed by atoms with Crippen molar-refractivity contribution in [1.82, 2.24) is 4.90 Å². The number of anilines is 1. The average Bonchev–Trinajstić information content (AvgIpc) is 2.61. The number of nitrogens with two attached hydrogens (primary N) is 2. The number of hydrogen-bond donors (Lipinski definition) is 2. The Morgan fingerprint density at radius 1 is 1.31 bits per heavy atom. The highest BCUT2D eigenvalue weighted by atomic mass is 16.1. The van der Waals surface area contributed by atoms with Crippen molar-refractivity contribution in [3.05, 3.63) is 29.8 Å². The van der Waals surface area contributed by atoms with Crippen LogP contribution in [0.2, 0.25) is 0 Å². The number of nitrogens with zero attached hydrogens (tertiary/aromatic N) is 1. The molecule has 0 radical (unpaired) electrons. The predicted molar refractivity (Wildman–Crippen MR) is 63.8 cm³/mol. The van der Waals surface area contributed by atoms with E-state index in [4.69, 9.17) is 11.5 Å². The molecule has 0 aliphatic carbocycles. The highest BCUT2D eigenvalue weighted by Crippen LogP contribution is 2.31. The Hall–Kier alpha value is -1.55. The lowest BCUT2D eigenvalue weighted by Crippen LogP contribution is -2.28. The molecule has 4 heteroatoms. The van der Waals surface area contributed by atoms with Crippen LogP contribution >= 0.6 is 0 Å². The van der Waals surface area contributed by atoms with E-state index >= 15 is 0 Å². The van der Waals surface area contributed by atoms with Gasteiger partial charge in [0, 0.05) is 24.7 Å². The summed E-state index contributed by atoms with van der Waals surface area (Å²) in [5.41, 5.74) is 13.0. The molecule has 4 nitrogen and oxygen atoms in total. The third kappa shape index (κ3) is 2.02. The Morgan fingerprint density at radius 2 is 1.94 bits per heavy atom. The maximum atomic E-state index is 11.4. The van der Waals surface area contributed by atoms with Crippen LogP contribution in [0.4, 0.5) is 5.69 Å². The van der Waals surface area contributed by atoms with Gasteiger partial charge in [-0.15, -0.1) is 0 Å². The van der Waals surface area contributed by atoms with Gasteiger partial charge in [0.1, 0.15) is 0 Å². The maximum Gasteiger partial charge on any atom is 0.222 e. The minimum atomic E-state index is -0.217. The van der Waals surface area contributed by atoms with Crippen LogP contribution in [0.25, 0.3) is 0 Å². The molecular weight excluding hydrogens is 202 g/mol. The quantitative estimate of drug-likeness (QED) is 0.707. The van der Waals surface area contributed by atoms with Gasteiger partial charge >= 0.3 is 0 Å². The number of likely N-dealkylation sites (tertiary alicyclic amines) is 1. The van der Waals surface area contributed by atoms with Crippen LogP contribution in [0.15, 0.2) is 24.3 Å². The molecule has 1 aromatic carbocycles. The third-order valence-electron chi connectivity index (χ3n) is 3.23. The normalized spacial score (nSPS) is 25.8. The fourth-order valence-electron chi connectivity index (χ4n) is 2.37. The van der Waals surface area contributed by atoms with E-state index in [1.165, 1.54) is 0 Å². The Morgan fingerprint density at radius 3 is 2.50 bits per heavy atom. The minimum absolute atomic E-state index is 0.0892. The number of primary amides is 1. The highest BCUT2D eigenvalue weighted by molar-refractivity contribution is 5.78. The van der Waals surface area contributed by atoms with E-state index in [1.54, 1.807) is 0 Å². The van der Waals surface area contributed by atoms with Crippen molar-refractivity contribution in [1.29, 1.82) is 0 Å². The first-order valence-electron chi connectivity index (χ1n) is 5.41. The van der Waals surface area contributed by atoms with E-state index in [1.807, 2.05) is 31.3 Å². The number of amides is 1. The lowest BCUT2D eigenvalue weighted by molar-refractivity contribution is -0.121. The van der Waals surface area contributed by atoms with Gasteiger partial charge < -0.3 is 16.4 Å². The molecule has 0 unspecified atom stereocenters. The zero-order valence-electron chi connectivity index (χ0n) is 9.39. The highest BCUT2D eigenvalue weighted by Gasteiger charge is 2.35.